The summed E-state index contributed by atoms with van der Waals surface area (Å²) in [7, 11) is 1.88. The summed E-state index contributed by atoms with van der Waals surface area (Å²) in [5.74, 6) is 0. The van der Waals surface area contributed by atoms with Crippen molar-refractivity contribution in [1.82, 2.24) is 14.3 Å². The molecule has 2 aromatic heterocycles. The van der Waals surface area contributed by atoms with E-state index in [1.54, 1.807) is 9.25 Å². The molecule has 0 N–H and O–H groups in total. The van der Waals surface area contributed by atoms with Crippen LogP contribution in [0.1, 0.15) is 16.8 Å². The fourth-order valence-electron chi connectivity index (χ4n) is 2.93. The zero-order valence-corrected chi connectivity index (χ0v) is 15.2. The highest BCUT2D eigenvalue weighted by atomic mass is 32.1. The molecule has 0 saturated carbocycles. The van der Waals surface area contributed by atoms with Crippen molar-refractivity contribution in [3.05, 3.63) is 67.0 Å². The van der Waals surface area contributed by atoms with Crippen LogP contribution in [0, 0.1) is 13.8 Å². The van der Waals surface area contributed by atoms with Crippen LogP contribution in [0.15, 0.2) is 40.2 Å². The lowest BCUT2D eigenvalue weighted by atomic mass is 10.2. The number of anilines is 1. The van der Waals surface area contributed by atoms with Crippen molar-refractivity contribution in [2.75, 3.05) is 11.6 Å². The zero-order chi connectivity index (χ0) is 17.6. The van der Waals surface area contributed by atoms with Gasteiger partial charge in [-0.3, -0.25) is 14.0 Å². The number of aromatic nitrogens is 3. The molecule has 1 aliphatic heterocycles. The molecule has 3 aromatic rings. The van der Waals surface area contributed by atoms with E-state index >= 15 is 0 Å². The molecule has 0 fully saturated rings. The maximum absolute atomic E-state index is 12.8. The summed E-state index contributed by atoms with van der Waals surface area (Å²) in [6, 6.07) is 8.29. The third kappa shape index (κ3) is 2.91. The molecule has 0 saturated heterocycles. The smallest absolute Gasteiger partial charge is 0.271 e. The first kappa shape index (κ1) is 15.8. The largest absolute Gasteiger partial charge is 0.334 e. The monoisotopic (exact) mass is 353 g/mol. The van der Waals surface area contributed by atoms with E-state index in [0.717, 1.165) is 21.7 Å². The van der Waals surface area contributed by atoms with Gasteiger partial charge in [-0.2, -0.15) is 5.10 Å². The molecule has 0 radical (unpaired) electrons. The highest BCUT2D eigenvalue weighted by Gasteiger charge is 2.16. The summed E-state index contributed by atoms with van der Waals surface area (Å²) in [6.45, 7) is 5.10. The van der Waals surface area contributed by atoms with E-state index in [1.165, 1.54) is 16.9 Å². The molecule has 6 nitrogen and oxygen atoms in total. The summed E-state index contributed by atoms with van der Waals surface area (Å²) in [6.07, 6.45) is 3.83. The molecule has 4 rings (SSSR count). The molecular formula is C18H19N5OS. The lowest BCUT2D eigenvalue weighted by Gasteiger charge is -2.25. The quantitative estimate of drug-likeness (QED) is 0.694. The molecule has 0 bridgehead atoms. The normalized spacial score (nSPS) is 14.5. The summed E-state index contributed by atoms with van der Waals surface area (Å²) >= 11 is 1.44. The Bertz CT molecular complexity index is 1100. The fraction of sp³-hybridized carbons (Fsp3) is 0.278. The van der Waals surface area contributed by atoms with Crippen molar-refractivity contribution in [3.8, 4) is 0 Å². The Balaban J connectivity index is 1.73. The van der Waals surface area contributed by atoms with E-state index < -0.39 is 0 Å². The maximum Gasteiger partial charge on any atom is 0.271 e. The number of rotatable bonds is 2. The molecule has 0 amide bonds. The Morgan fingerprint density at radius 2 is 1.96 bits per heavy atom. The van der Waals surface area contributed by atoms with Gasteiger partial charge in [0.1, 0.15) is 13.3 Å². The van der Waals surface area contributed by atoms with Crippen molar-refractivity contribution in [3.63, 3.8) is 0 Å². The second-order valence-electron chi connectivity index (χ2n) is 6.29. The van der Waals surface area contributed by atoms with E-state index in [-0.39, 0.29) is 5.56 Å². The summed E-state index contributed by atoms with van der Waals surface area (Å²) in [4.78, 5) is 20.3. The van der Waals surface area contributed by atoms with Crippen LogP contribution >= 0.6 is 11.3 Å². The van der Waals surface area contributed by atoms with Gasteiger partial charge < -0.3 is 4.90 Å². The summed E-state index contributed by atoms with van der Waals surface area (Å²) < 4.78 is 4.20. The lowest BCUT2D eigenvalue weighted by molar-refractivity contribution is 0.569. The molecule has 0 unspecified atom stereocenters. The molecule has 3 heterocycles. The summed E-state index contributed by atoms with van der Waals surface area (Å²) in [5.41, 5.74) is 4.18. The Hall–Kier alpha value is -2.67. The Morgan fingerprint density at radius 3 is 2.64 bits per heavy atom. The van der Waals surface area contributed by atoms with Crippen molar-refractivity contribution in [1.29, 1.82) is 0 Å². The molecule has 25 heavy (non-hydrogen) atoms. The molecule has 0 atom stereocenters. The standard InChI is InChI=1S/C18H19N5OS/c1-12-4-6-15(7-5-12)22-10-19-18-23(11-22)17(24)16(25-18)8-14-9-21(3)20-13(14)2/h4-9H,10-11H2,1-3H3/b16-8-. The predicted molar refractivity (Wildman–Crippen MR) is 99.4 cm³/mol. The first-order chi connectivity index (χ1) is 12.0. The molecule has 128 valence electrons. The Labute approximate surface area is 149 Å². The molecule has 1 aromatic carbocycles. The van der Waals surface area contributed by atoms with Crippen LogP contribution in [0.2, 0.25) is 0 Å². The van der Waals surface area contributed by atoms with Gasteiger partial charge in [-0.25, -0.2) is 4.99 Å². The minimum Gasteiger partial charge on any atom is -0.334 e. The number of nitrogens with zero attached hydrogens (tertiary/aromatic N) is 5. The van der Waals surface area contributed by atoms with Crippen LogP contribution in [-0.2, 0) is 13.7 Å². The van der Waals surface area contributed by atoms with Gasteiger partial charge in [0.05, 0.1) is 10.2 Å². The number of hydrogen-bond donors (Lipinski definition) is 0. The summed E-state index contributed by atoms with van der Waals surface area (Å²) in [5, 5.41) is 4.33. The van der Waals surface area contributed by atoms with Crippen molar-refractivity contribution in [2.45, 2.75) is 20.5 Å². The topological polar surface area (TPSA) is 55.4 Å². The molecule has 7 heteroatoms. The first-order valence-corrected chi connectivity index (χ1v) is 8.90. The van der Waals surface area contributed by atoms with E-state index in [0.29, 0.717) is 17.9 Å². The van der Waals surface area contributed by atoms with Crippen molar-refractivity contribution < 1.29 is 0 Å². The lowest BCUT2D eigenvalue weighted by Crippen LogP contribution is -2.42. The first-order valence-electron chi connectivity index (χ1n) is 8.09. The van der Waals surface area contributed by atoms with Gasteiger partial charge >= 0.3 is 0 Å². The minimum atomic E-state index is 0.00353. The number of benzene rings is 1. The highest BCUT2D eigenvalue weighted by molar-refractivity contribution is 7.07. The van der Waals surface area contributed by atoms with Crippen LogP contribution in [0.4, 0.5) is 5.69 Å². The van der Waals surface area contributed by atoms with Gasteiger partial charge in [0.15, 0.2) is 4.80 Å². The van der Waals surface area contributed by atoms with Crippen LogP contribution in [0.25, 0.3) is 6.08 Å². The molecular weight excluding hydrogens is 334 g/mol. The van der Waals surface area contributed by atoms with Crippen molar-refractivity contribution >= 4 is 23.1 Å². The second kappa shape index (κ2) is 6.00. The van der Waals surface area contributed by atoms with Crippen LogP contribution in [0.3, 0.4) is 0 Å². The Morgan fingerprint density at radius 1 is 1.20 bits per heavy atom. The third-order valence-electron chi connectivity index (χ3n) is 4.31. The van der Waals surface area contributed by atoms with E-state index in [9.17, 15) is 4.79 Å². The highest BCUT2D eigenvalue weighted by Crippen LogP contribution is 2.16. The maximum atomic E-state index is 12.8. The molecule has 1 aliphatic rings. The Kier molecular flexibility index (Phi) is 3.80. The zero-order valence-electron chi connectivity index (χ0n) is 14.4. The predicted octanol–water partition coefficient (Wildman–Crippen LogP) is 1.14. The van der Waals surface area contributed by atoms with E-state index in [1.807, 2.05) is 26.2 Å². The van der Waals surface area contributed by atoms with E-state index in [4.69, 9.17) is 0 Å². The van der Waals surface area contributed by atoms with Gasteiger partial charge in [-0.1, -0.05) is 29.0 Å². The average molecular weight is 353 g/mol. The minimum absolute atomic E-state index is 0.00353. The van der Waals surface area contributed by atoms with Crippen molar-refractivity contribution in [2.24, 2.45) is 12.0 Å². The van der Waals surface area contributed by atoms with Crippen LogP contribution in [0.5, 0.6) is 0 Å². The number of fused-ring (bicyclic) bond motifs is 1. The SMILES string of the molecule is Cc1ccc(N2CN=c3s/c(=C\c4cn(C)nc4C)c(=O)n3C2)cc1. The van der Waals surface area contributed by atoms with E-state index in [2.05, 4.69) is 46.2 Å². The molecule has 0 aliphatic carbocycles. The van der Waals surface area contributed by atoms with Gasteiger partial charge in [-0.15, -0.1) is 0 Å². The molecule has 0 spiro atoms. The average Bonchev–Trinajstić information content (AvgIpc) is 3.07. The van der Waals surface area contributed by atoms with Crippen LogP contribution in [-0.4, -0.2) is 21.0 Å². The number of thiazole rings is 1. The number of hydrogen-bond acceptors (Lipinski definition) is 5. The van der Waals surface area contributed by atoms with Gasteiger partial charge in [0.25, 0.3) is 5.56 Å². The van der Waals surface area contributed by atoms with Gasteiger partial charge in [0, 0.05) is 24.5 Å². The third-order valence-corrected chi connectivity index (χ3v) is 5.36. The van der Waals surface area contributed by atoms with Gasteiger partial charge in [0.2, 0.25) is 0 Å². The second-order valence-corrected chi connectivity index (χ2v) is 7.30. The number of aryl methyl sites for hydroxylation is 3. The van der Waals surface area contributed by atoms with Crippen LogP contribution < -0.4 is 19.8 Å². The van der Waals surface area contributed by atoms with Gasteiger partial charge in [-0.05, 0) is 32.1 Å². The fourth-order valence-corrected chi connectivity index (χ4v) is 3.88.